The molecule has 0 saturated heterocycles. The predicted molar refractivity (Wildman–Crippen MR) is 75.1 cm³/mol. The number of hydrogen-bond acceptors (Lipinski definition) is 4. The summed E-state index contributed by atoms with van der Waals surface area (Å²) in [5.41, 5.74) is 0. The Morgan fingerprint density at radius 3 is 2.70 bits per heavy atom. The van der Waals surface area contributed by atoms with Crippen LogP contribution in [0.4, 0.5) is 5.82 Å². The van der Waals surface area contributed by atoms with Gasteiger partial charge in [-0.25, -0.2) is 8.42 Å². The van der Waals surface area contributed by atoms with E-state index in [2.05, 4.69) is 9.82 Å². The standard InChI is InChI=1S/C11H8Cl2N4O2S/c12-9-2-1-8(7-10(9)13)20(18,19)16-11-3-5-17(15-11)6-4-14/h1-3,5,7H,6H2,(H,15,16). The monoisotopic (exact) mass is 330 g/mol. The van der Waals surface area contributed by atoms with Gasteiger partial charge in [-0.3, -0.25) is 9.40 Å². The molecule has 0 fully saturated rings. The van der Waals surface area contributed by atoms with Gasteiger partial charge in [0.05, 0.1) is 21.0 Å². The van der Waals surface area contributed by atoms with Gasteiger partial charge in [-0.2, -0.15) is 10.4 Å². The Morgan fingerprint density at radius 2 is 2.05 bits per heavy atom. The molecule has 1 N–H and O–H groups in total. The van der Waals surface area contributed by atoms with Crippen LogP contribution in [0.15, 0.2) is 35.4 Å². The summed E-state index contributed by atoms with van der Waals surface area (Å²) in [6, 6.07) is 7.33. The molecule has 2 aromatic rings. The van der Waals surface area contributed by atoms with Crippen LogP contribution in [0.2, 0.25) is 10.0 Å². The molecule has 0 aliphatic heterocycles. The Bertz CT molecular complexity index is 780. The summed E-state index contributed by atoms with van der Waals surface area (Å²) >= 11 is 11.5. The highest BCUT2D eigenvalue weighted by atomic mass is 35.5. The fourth-order valence-corrected chi connectivity index (χ4v) is 2.80. The number of anilines is 1. The van der Waals surface area contributed by atoms with Gasteiger partial charge in [0.15, 0.2) is 5.82 Å². The van der Waals surface area contributed by atoms with Crippen molar-refractivity contribution in [1.82, 2.24) is 9.78 Å². The number of rotatable bonds is 4. The van der Waals surface area contributed by atoms with E-state index in [0.29, 0.717) is 0 Å². The van der Waals surface area contributed by atoms with Crippen molar-refractivity contribution in [2.24, 2.45) is 0 Å². The summed E-state index contributed by atoms with van der Waals surface area (Å²) in [5.74, 6) is 0.117. The van der Waals surface area contributed by atoms with Crippen LogP contribution in [0.1, 0.15) is 0 Å². The van der Waals surface area contributed by atoms with Gasteiger partial charge >= 0.3 is 0 Å². The van der Waals surface area contributed by atoms with Crippen LogP contribution in [0, 0.1) is 11.3 Å². The third kappa shape index (κ3) is 3.22. The van der Waals surface area contributed by atoms with E-state index in [1.54, 1.807) is 0 Å². The van der Waals surface area contributed by atoms with E-state index in [1.807, 2.05) is 6.07 Å². The lowest BCUT2D eigenvalue weighted by atomic mass is 10.4. The van der Waals surface area contributed by atoms with E-state index in [0.717, 1.165) is 0 Å². The van der Waals surface area contributed by atoms with Crippen LogP contribution < -0.4 is 4.72 Å². The molecule has 0 aliphatic rings. The van der Waals surface area contributed by atoms with Crippen LogP contribution in [0.3, 0.4) is 0 Å². The lowest BCUT2D eigenvalue weighted by molar-refractivity contribution is 0.600. The first kappa shape index (κ1) is 14.7. The lowest BCUT2D eigenvalue weighted by Gasteiger charge is -2.06. The molecule has 0 bridgehead atoms. The molecule has 0 spiro atoms. The first-order chi connectivity index (χ1) is 9.42. The van der Waals surface area contributed by atoms with Crippen molar-refractivity contribution in [3.8, 4) is 6.07 Å². The summed E-state index contributed by atoms with van der Waals surface area (Å²) in [7, 11) is -3.81. The number of nitrogens with one attached hydrogen (secondary N) is 1. The molecule has 1 aromatic heterocycles. The average Bonchev–Trinajstić information content (AvgIpc) is 2.79. The topological polar surface area (TPSA) is 87.8 Å². The number of benzene rings is 1. The molecule has 0 saturated carbocycles. The maximum Gasteiger partial charge on any atom is 0.263 e. The van der Waals surface area contributed by atoms with E-state index in [9.17, 15) is 8.42 Å². The molecule has 1 aromatic carbocycles. The molecule has 1 heterocycles. The smallest absolute Gasteiger partial charge is 0.262 e. The number of sulfonamides is 1. The Hall–Kier alpha value is -1.75. The minimum absolute atomic E-state index is 0.0262. The lowest BCUT2D eigenvalue weighted by Crippen LogP contribution is -2.13. The Morgan fingerprint density at radius 1 is 1.30 bits per heavy atom. The van der Waals surface area contributed by atoms with E-state index in [1.165, 1.54) is 35.1 Å². The molecule has 0 aliphatic carbocycles. The van der Waals surface area contributed by atoms with Crippen molar-refractivity contribution in [2.75, 3.05) is 4.72 Å². The van der Waals surface area contributed by atoms with Gasteiger partial charge in [-0.05, 0) is 18.2 Å². The second kappa shape index (κ2) is 5.71. The minimum Gasteiger partial charge on any atom is -0.262 e. The van der Waals surface area contributed by atoms with Crippen LogP contribution in [0.25, 0.3) is 0 Å². The third-order valence-corrected chi connectivity index (χ3v) is 4.41. The van der Waals surface area contributed by atoms with Crippen molar-refractivity contribution < 1.29 is 8.42 Å². The Kier molecular flexibility index (Phi) is 4.18. The first-order valence-electron chi connectivity index (χ1n) is 5.30. The van der Waals surface area contributed by atoms with Gasteiger partial charge in [0.25, 0.3) is 10.0 Å². The highest BCUT2D eigenvalue weighted by Crippen LogP contribution is 2.25. The molecular weight excluding hydrogens is 323 g/mol. The summed E-state index contributed by atoms with van der Waals surface area (Å²) in [6.07, 6.45) is 1.50. The first-order valence-corrected chi connectivity index (χ1v) is 7.54. The van der Waals surface area contributed by atoms with Crippen LogP contribution in [-0.4, -0.2) is 18.2 Å². The van der Waals surface area contributed by atoms with Crippen molar-refractivity contribution in [3.05, 3.63) is 40.5 Å². The maximum absolute atomic E-state index is 12.1. The molecule has 2 rings (SSSR count). The summed E-state index contributed by atoms with van der Waals surface area (Å²) in [5, 5.41) is 12.8. The van der Waals surface area contributed by atoms with E-state index >= 15 is 0 Å². The Labute approximate surface area is 125 Å². The largest absolute Gasteiger partial charge is 0.263 e. The molecule has 0 atom stereocenters. The molecular formula is C11H8Cl2N4O2S. The number of aromatic nitrogens is 2. The minimum atomic E-state index is -3.81. The molecule has 20 heavy (non-hydrogen) atoms. The fraction of sp³-hybridized carbons (Fsp3) is 0.0909. The highest BCUT2D eigenvalue weighted by molar-refractivity contribution is 7.92. The molecule has 9 heteroatoms. The van der Waals surface area contributed by atoms with Crippen LogP contribution in [0.5, 0.6) is 0 Å². The molecule has 6 nitrogen and oxygen atoms in total. The van der Waals surface area contributed by atoms with E-state index in [4.69, 9.17) is 28.5 Å². The number of nitrogens with zero attached hydrogens (tertiary/aromatic N) is 3. The van der Waals surface area contributed by atoms with Crippen molar-refractivity contribution in [2.45, 2.75) is 11.4 Å². The van der Waals surface area contributed by atoms with Gasteiger partial charge in [0.1, 0.15) is 6.54 Å². The van der Waals surface area contributed by atoms with Gasteiger partial charge in [-0.1, -0.05) is 23.2 Å². The molecule has 104 valence electrons. The summed E-state index contributed by atoms with van der Waals surface area (Å²) in [4.78, 5) is -0.0262. The summed E-state index contributed by atoms with van der Waals surface area (Å²) in [6.45, 7) is 0.0362. The molecule has 0 amide bonds. The predicted octanol–water partition coefficient (Wildman–Crippen LogP) is 2.51. The quantitative estimate of drug-likeness (QED) is 0.932. The van der Waals surface area contributed by atoms with Gasteiger partial charge in [-0.15, -0.1) is 0 Å². The Balaban J connectivity index is 2.26. The van der Waals surface area contributed by atoms with Gasteiger partial charge in [0, 0.05) is 12.3 Å². The zero-order chi connectivity index (χ0) is 14.8. The zero-order valence-electron chi connectivity index (χ0n) is 9.92. The van der Waals surface area contributed by atoms with Gasteiger partial charge in [0.2, 0.25) is 0 Å². The summed E-state index contributed by atoms with van der Waals surface area (Å²) < 4.78 is 27.8. The SMILES string of the molecule is N#CCn1ccc(NS(=O)(=O)c2ccc(Cl)c(Cl)c2)n1. The molecule has 0 radical (unpaired) electrons. The average molecular weight is 331 g/mol. The van der Waals surface area contributed by atoms with Crippen molar-refractivity contribution >= 4 is 39.0 Å². The van der Waals surface area contributed by atoms with E-state index in [-0.39, 0.29) is 27.3 Å². The number of halogens is 2. The van der Waals surface area contributed by atoms with E-state index < -0.39 is 10.0 Å². The molecule has 0 unspecified atom stereocenters. The zero-order valence-corrected chi connectivity index (χ0v) is 12.2. The maximum atomic E-state index is 12.1. The second-order valence-electron chi connectivity index (χ2n) is 3.74. The van der Waals surface area contributed by atoms with Crippen molar-refractivity contribution in [3.63, 3.8) is 0 Å². The van der Waals surface area contributed by atoms with Gasteiger partial charge < -0.3 is 0 Å². The second-order valence-corrected chi connectivity index (χ2v) is 6.23. The third-order valence-electron chi connectivity index (χ3n) is 2.31. The van der Waals surface area contributed by atoms with Crippen molar-refractivity contribution in [1.29, 1.82) is 5.26 Å². The van der Waals surface area contributed by atoms with Crippen LogP contribution >= 0.6 is 23.2 Å². The van der Waals surface area contributed by atoms with Crippen LogP contribution in [-0.2, 0) is 16.6 Å². The fourth-order valence-electron chi connectivity index (χ4n) is 1.42. The number of hydrogen-bond donors (Lipinski definition) is 1. The number of nitriles is 1. The highest BCUT2D eigenvalue weighted by Gasteiger charge is 2.16. The normalized spacial score (nSPS) is 11.1.